The van der Waals surface area contributed by atoms with Gasteiger partial charge in [0.1, 0.15) is 5.60 Å². The van der Waals surface area contributed by atoms with Crippen LogP contribution >= 0.6 is 0 Å². The Morgan fingerprint density at radius 2 is 1.95 bits per heavy atom. The van der Waals surface area contributed by atoms with Crippen molar-refractivity contribution in [3.63, 3.8) is 0 Å². The molecule has 5 nitrogen and oxygen atoms in total. The van der Waals surface area contributed by atoms with Gasteiger partial charge in [0.15, 0.2) is 0 Å². The number of methoxy groups -OCH3 is 1. The molecule has 0 aromatic carbocycles. The third-order valence-corrected chi connectivity index (χ3v) is 2.61. The van der Waals surface area contributed by atoms with Gasteiger partial charge in [-0.3, -0.25) is 4.90 Å². The number of hydrogen-bond acceptors (Lipinski definition) is 4. The Morgan fingerprint density at radius 1 is 1.30 bits per heavy atom. The van der Waals surface area contributed by atoms with Gasteiger partial charge in [0.25, 0.3) is 0 Å². The van der Waals surface area contributed by atoms with Gasteiger partial charge < -0.3 is 9.47 Å². The molecule has 1 amide bonds. The van der Waals surface area contributed by atoms with Gasteiger partial charge in [-0.2, -0.15) is 0 Å². The molecular weight excluding hydrogens is 256 g/mol. The number of rotatable bonds is 1. The molecule has 112 valence electrons. The van der Waals surface area contributed by atoms with E-state index in [9.17, 15) is 4.79 Å². The summed E-state index contributed by atoms with van der Waals surface area (Å²) in [5, 5.41) is 0. The molecule has 20 heavy (non-hydrogen) atoms. The number of ether oxygens (including phenoxy) is 2. The fourth-order valence-electron chi connectivity index (χ4n) is 1.86. The average molecular weight is 280 g/mol. The van der Waals surface area contributed by atoms with Crippen molar-refractivity contribution in [3.05, 3.63) is 17.8 Å². The Labute approximate surface area is 120 Å². The van der Waals surface area contributed by atoms with Gasteiger partial charge in [-0.05, 0) is 26.8 Å². The summed E-state index contributed by atoms with van der Waals surface area (Å²) in [6.45, 7) is 10.2. The van der Waals surface area contributed by atoms with Crippen LogP contribution in [0.15, 0.2) is 12.1 Å². The van der Waals surface area contributed by atoms with E-state index >= 15 is 0 Å². The average Bonchev–Trinajstić information content (AvgIpc) is 2.81. The molecule has 0 N–H and O–H groups in total. The summed E-state index contributed by atoms with van der Waals surface area (Å²) in [6, 6.07) is 3.60. The Bertz CT molecular complexity index is 467. The van der Waals surface area contributed by atoms with E-state index < -0.39 is 5.60 Å². The number of nitrogens with zero attached hydrogens (tertiary/aromatic N) is 2. The van der Waals surface area contributed by atoms with E-state index in [1.807, 2.05) is 40.7 Å². The van der Waals surface area contributed by atoms with E-state index in [2.05, 4.69) is 4.98 Å². The molecule has 0 radical (unpaired) electrons. The lowest BCUT2D eigenvalue weighted by Crippen LogP contribution is -2.35. The maximum absolute atomic E-state index is 12.0. The number of amides is 1. The van der Waals surface area contributed by atoms with Crippen molar-refractivity contribution in [2.45, 2.75) is 46.6 Å². The summed E-state index contributed by atoms with van der Waals surface area (Å²) in [4.78, 5) is 18.0. The lowest BCUT2D eigenvalue weighted by molar-refractivity contribution is 0.0584. The van der Waals surface area contributed by atoms with Crippen LogP contribution in [0.1, 0.15) is 40.3 Å². The summed E-state index contributed by atoms with van der Waals surface area (Å²) in [5.41, 5.74) is 1.20. The number of carbonyl (C=O) groups is 1. The molecule has 0 spiro atoms. The second kappa shape index (κ2) is 6.59. The Hall–Kier alpha value is -1.78. The first-order valence-corrected chi connectivity index (χ1v) is 6.95. The minimum Gasteiger partial charge on any atom is -0.481 e. The van der Waals surface area contributed by atoms with Gasteiger partial charge in [-0.1, -0.05) is 13.8 Å². The topological polar surface area (TPSA) is 51.7 Å². The smallest absolute Gasteiger partial charge is 0.414 e. The summed E-state index contributed by atoms with van der Waals surface area (Å²) in [5.74, 6) is 0.569. The number of carbonyl (C=O) groups excluding carboxylic acids is 1. The van der Waals surface area contributed by atoms with Crippen LogP contribution in [0.2, 0.25) is 0 Å². The molecule has 1 aliphatic heterocycles. The molecule has 5 heteroatoms. The minimum absolute atomic E-state index is 0.326. The highest BCUT2D eigenvalue weighted by atomic mass is 16.6. The van der Waals surface area contributed by atoms with Crippen LogP contribution in [0, 0.1) is 0 Å². The van der Waals surface area contributed by atoms with Crippen LogP contribution in [0.5, 0.6) is 5.88 Å². The number of pyridine rings is 1. The Morgan fingerprint density at radius 3 is 2.50 bits per heavy atom. The monoisotopic (exact) mass is 280 g/mol. The van der Waals surface area contributed by atoms with Crippen LogP contribution < -0.4 is 9.64 Å². The zero-order valence-electron chi connectivity index (χ0n) is 13.2. The van der Waals surface area contributed by atoms with E-state index in [4.69, 9.17) is 9.47 Å². The van der Waals surface area contributed by atoms with Crippen LogP contribution in [-0.4, -0.2) is 30.3 Å². The fraction of sp³-hybridized carbons (Fsp3) is 0.600. The van der Waals surface area contributed by atoms with Crippen LogP contribution in [0.4, 0.5) is 10.5 Å². The molecule has 1 aromatic rings. The maximum Gasteiger partial charge on any atom is 0.414 e. The third kappa shape index (κ3) is 3.85. The fourth-order valence-corrected chi connectivity index (χ4v) is 1.86. The van der Waals surface area contributed by atoms with Crippen molar-refractivity contribution in [1.82, 2.24) is 4.98 Å². The SMILES string of the molecule is CC.COc1ccc2c(n1)CCN2C(=O)OC(C)(C)C. The maximum atomic E-state index is 12.0. The highest BCUT2D eigenvalue weighted by molar-refractivity contribution is 5.90. The highest BCUT2D eigenvalue weighted by Crippen LogP contribution is 2.29. The summed E-state index contributed by atoms with van der Waals surface area (Å²) in [6.07, 6.45) is 0.402. The van der Waals surface area contributed by atoms with Crippen molar-refractivity contribution in [3.8, 4) is 5.88 Å². The van der Waals surface area contributed by atoms with Gasteiger partial charge in [-0.15, -0.1) is 0 Å². The minimum atomic E-state index is -0.486. The van der Waals surface area contributed by atoms with Crippen LogP contribution in [-0.2, 0) is 11.2 Å². The highest BCUT2D eigenvalue weighted by Gasteiger charge is 2.29. The van der Waals surface area contributed by atoms with Gasteiger partial charge in [0.05, 0.1) is 18.5 Å². The zero-order valence-corrected chi connectivity index (χ0v) is 13.2. The first kappa shape index (κ1) is 16.3. The molecule has 2 heterocycles. The first-order chi connectivity index (χ1) is 9.40. The molecule has 0 saturated carbocycles. The number of anilines is 1. The van der Waals surface area contributed by atoms with Crippen LogP contribution in [0.3, 0.4) is 0 Å². The van der Waals surface area contributed by atoms with Crippen molar-refractivity contribution in [2.75, 3.05) is 18.6 Å². The normalized spacial score (nSPS) is 13.2. The molecule has 2 rings (SSSR count). The second-order valence-corrected chi connectivity index (χ2v) is 5.20. The summed E-state index contributed by atoms with van der Waals surface area (Å²) >= 11 is 0. The molecule has 0 aliphatic carbocycles. The largest absolute Gasteiger partial charge is 0.481 e. The van der Waals surface area contributed by atoms with E-state index in [-0.39, 0.29) is 6.09 Å². The summed E-state index contributed by atoms with van der Waals surface area (Å²) in [7, 11) is 1.58. The van der Waals surface area contributed by atoms with E-state index in [0.717, 1.165) is 17.8 Å². The number of hydrogen-bond donors (Lipinski definition) is 0. The third-order valence-electron chi connectivity index (χ3n) is 2.61. The number of aromatic nitrogens is 1. The zero-order chi connectivity index (χ0) is 15.3. The standard InChI is InChI=1S/C13H18N2O3.C2H6/c1-13(2,3)18-12(16)15-8-7-9-10(15)5-6-11(14-9)17-4;1-2/h5-6H,7-8H2,1-4H3;1-2H3. The van der Waals surface area contributed by atoms with Crippen molar-refractivity contribution >= 4 is 11.8 Å². The van der Waals surface area contributed by atoms with Gasteiger partial charge in [0.2, 0.25) is 5.88 Å². The molecule has 0 saturated heterocycles. The van der Waals surface area contributed by atoms with E-state index in [0.29, 0.717) is 12.4 Å². The summed E-state index contributed by atoms with van der Waals surface area (Å²) < 4.78 is 10.4. The van der Waals surface area contributed by atoms with Crippen LogP contribution in [0.25, 0.3) is 0 Å². The van der Waals surface area contributed by atoms with Gasteiger partial charge >= 0.3 is 6.09 Å². The predicted molar refractivity (Wildman–Crippen MR) is 79.4 cm³/mol. The van der Waals surface area contributed by atoms with Crippen molar-refractivity contribution < 1.29 is 14.3 Å². The first-order valence-electron chi connectivity index (χ1n) is 6.95. The molecule has 0 atom stereocenters. The lowest BCUT2D eigenvalue weighted by atomic mass is 10.2. The molecule has 0 unspecified atom stereocenters. The van der Waals surface area contributed by atoms with Gasteiger partial charge in [-0.25, -0.2) is 9.78 Å². The second-order valence-electron chi connectivity index (χ2n) is 5.20. The van der Waals surface area contributed by atoms with Crippen molar-refractivity contribution in [1.29, 1.82) is 0 Å². The van der Waals surface area contributed by atoms with Gasteiger partial charge in [0, 0.05) is 19.0 Å². The molecule has 0 bridgehead atoms. The molecule has 1 aliphatic rings. The quantitative estimate of drug-likeness (QED) is 0.791. The molecule has 1 aromatic heterocycles. The van der Waals surface area contributed by atoms with E-state index in [1.54, 1.807) is 18.1 Å². The predicted octanol–water partition coefficient (Wildman–Crippen LogP) is 3.41. The molecular formula is C15H24N2O3. The van der Waals surface area contributed by atoms with Crippen molar-refractivity contribution in [2.24, 2.45) is 0 Å². The lowest BCUT2D eigenvalue weighted by Gasteiger charge is -2.24. The van der Waals surface area contributed by atoms with E-state index in [1.165, 1.54) is 0 Å². The molecule has 0 fully saturated rings. The Kier molecular flexibility index (Phi) is 5.36. The number of fused-ring (bicyclic) bond motifs is 1. The Balaban J connectivity index is 0.000000956.